The molecule has 0 saturated heterocycles. The number of thiazole rings is 1. The lowest BCUT2D eigenvalue weighted by molar-refractivity contribution is 0.256. The van der Waals surface area contributed by atoms with Crippen molar-refractivity contribution in [2.24, 2.45) is 5.73 Å². The van der Waals surface area contributed by atoms with Crippen LogP contribution in [0.2, 0.25) is 0 Å². The number of amides is 2. The fourth-order valence-electron chi connectivity index (χ4n) is 1.93. The van der Waals surface area contributed by atoms with E-state index in [1.165, 1.54) is 34.0 Å². The van der Waals surface area contributed by atoms with Crippen molar-refractivity contribution in [2.45, 2.75) is 18.8 Å². The van der Waals surface area contributed by atoms with Crippen molar-refractivity contribution in [1.29, 1.82) is 0 Å². The first-order chi connectivity index (χ1) is 9.15. The van der Waals surface area contributed by atoms with Gasteiger partial charge in [-0.1, -0.05) is 6.07 Å². The average molecular weight is 274 g/mol. The third-order valence-electron chi connectivity index (χ3n) is 3.03. The van der Waals surface area contributed by atoms with Gasteiger partial charge in [-0.25, -0.2) is 14.7 Å². The molecule has 5 nitrogen and oxygen atoms in total. The standard InChI is InChI=1S/C13H14N4OS/c14-9-2-1-3-10(6-9)17(12(15)18)13-16-7-11(19-13)8-4-5-8/h1-3,6-8H,4-5,14H2,(H2,15,18). The van der Waals surface area contributed by atoms with Gasteiger partial charge in [0.05, 0.1) is 5.69 Å². The molecule has 1 aliphatic carbocycles. The van der Waals surface area contributed by atoms with Crippen LogP contribution in [0.1, 0.15) is 23.6 Å². The Morgan fingerprint density at radius 2 is 2.21 bits per heavy atom. The highest BCUT2D eigenvalue weighted by molar-refractivity contribution is 7.16. The van der Waals surface area contributed by atoms with E-state index in [2.05, 4.69) is 4.98 Å². The van der Waals surface area contributed by atoms with Crippen LogP contribution >= 0.6 is 11.3 Å². The lowest BCUT2D eigenvalue weighted by Crippen LogP contribution is -2.31. The number of hydrogen-bond acceptors (Lipinski definition) is 4. The zero-order valence-corrected chi connectivity index (χ0v) is 11.1. The first-order valence-electron chi connectivity index (χ1n) is 6.06. The van der Waals surface area contributed by atoms with E-state index in [-0.39, 0.29) is 0 Å². The Bertz CT molecular complexity index is 621. The van der Waals surface area contributed by atoms with Crippen LogP contribution in [0.5, 0.6) is 0 Å². The second-order valence-electron chi connectivity index (χ2n) is 4.59. The molecule has 6 heteroatoms. The van der Waals surface area contributed by atoms with E-state index in [4.69, 9.17) is 11.5 Å². The molecule has 4 N–H and O–H groups in total. The maximum Gasteiger partial charge on any atom is 0.325 e. The predicted octanol–water partition coefficient (Wildman–Crippen LogP) is 2.82. The molecule has 1 heterocycles. The number of rotatable bonds is 3. The van der Waals surface area contributed by atoms with Crippen molar-refractivity contribution in [3.05, 3.63) is 35.3 Å². The summed E-state index contributed by atoms with van der Waals surface area (Å²) >= 11 is 1.51. The van der Waals surface area contributed by atoms with Gasteiger partial charge in [0, 0.05) is 16.8 Å². The highest BCUT2D eigenvalue weighted by Gasteiger charge is 2.27. The molecule has 98 valence electrons. The van der Waals surface area contributed by atoms with E-state index >= 15 is 0 Å². The summed E-state index contributed by atoms with van der Waals surface area (Å²) in [5, 5.41) is 0.597. The monoisotopic (exact) mass is 274 g/mol. The van der Waals surface area contributed by atoms with Crippen LogP contribution in [0.25, 0.3) is 0 Å². The van der Waals surface area contributed by atoms with Crippen molar-refractivity contribution in [3.63, 3.8) is 0 Å². The summed E-state index contributed by atoms with van der Waals surface area (Å²) in [5.74, 6) is 0.613. The Kier molecular flexibility index (Phi) is 2.87. The van der Waals surface area contributed by atoms with Crippen molar-refractivity contribution >= 4 is 33.9 Å². The van der Waals surface area contributed by atoms with Crippen LogP contribution in [0.3, 0.4) is 0 Å². The second-order valence-corrected chi connectivity index (χ2v) is 5.63. The van der Waals surface area contributed by atoms with Crippen molar-refractivity contribution in [3.8, 4) is 0 Å². The third-order valence-corrected chi connectivity index (χ3v) is 4.18. The number of primary amides is 1. The molecule has 2 aromatic rings. The molecule has 0 radical (unpaired) electrons. The SMILES string of the molecule is NC(=O)N(c1cccc(N)c1)c1ncc(C2CC2)s1. The predicted molar refractivity (Wildman–Crippen MR) is 76.7 cm³/mol. The summed E-state index contributed by atoms with van der Waals surface area (Å²) in [7, 11) is 0. The van der Waals surface area contributed by atoms with Gasteiger partial charge in [0.2, 0.25) is 0 Å². The number of anilines is 3. The van der Waals surface area contributed by atoms with E-state index in [1.807, 2.05) is 6.20 Å². The van der Waals surface area contributed by atoms with Gasteiger partial charge in [0.15, 0.2) is 5.13 Å². The van der Waals surface area contributed by atoms with Gasteiger partial charge < -0.3 is 11.5 Å². The van der Waals surface area contributed by atoms with Crippen LogP contribution in [-0.4, -0.2) is 11.0 Å². The van der Waals surface area contributed by atoms with Crippen LogP contribution in [0, 0.1) is 0 Å². The van der Waals surface area contributed by atoms with Crippen LogP contribution < -0.4 is 16.4 Å². The smallest absolute Gasteiger partial charge is 0.325 e. The van der Waals surface area contributed by atoms with Gasteiger partial charge in [-0.2, -0.15) is 0 Å². The summed E-state index contributed by atoms with van der Waals surface area (Å²) in [6, 6.07) is 6.50. The van der Waals surface area contributed by atoms with E-state index in [9.17, 15) is 4.79 Å². The number of nitrogen functional groups attached to an aromatic ring is 1. The van der Waals surface area contributed by atoms with Crippen LogP contribution in [-0.2, 0) is 0 Å². The third kappa shape index (κ3) is 2.39. The molecular weight excluding hydrogens is 260 g/mol. The minimum atomic E-state index is -0.553. The quantitative estimate of drug-likeness (QED) is 0.844. The topological polar surface area (TPSA) is 85.2 Å². The van der Waals surface area contributed by atoms with Crippen molar-refractivity contribution in [1.82, 2.24) is 4.98 Å². The highest BCUT2D eigenvalue weighted by atomic mass is 32.1. The number of nitrogens with zero attached hydrogens (tertiary/aromatic N) is 2. The molecular formula is C13H14N4OS. The molecule has 0 atom stereocenters. The fourth-order valence-corrected chi connectivity index (χ4v) is 3.04. The molecule has 1 fully saturated rings. The summed E-state index contributed by atoms with van der Waals surface area (Å²) in [6.07, 6.45) is 4.24. The van der Waals surface area contributed by atoms with Gasteiger partial charge >= 0.3 is 6.03 Å². The number of nitrogens with two attached hydrogens (primary N) is 2. The lowest BCUT2D eigenvalue weighted by Gasteiger charge is -2.17. The zero-order chi connectivity index (χ0) is 13.4. The molecule has 0 aliphatic heterocycles. The molecule has 0 unspecified atom stereocenters. The summed E-state index contributed by atoms with van der Waals surface area (Å²) in [6.45, 7) is 0. The van der Waals surface area contributed by atoms with Crippen molar-refractivity contribution in [2.75, 3.05) is 10.6 Å². The number of hydrogen-bond donors (Lipinski definition) is 2. The maximum atomic E-state index is 11.7. The van der Waals surface area contributed by atoms with Gasteiger partial charge in [-0.3, -0.25) is 0 Å². The fraction of sp³-hybridized carbons (Fsp3) is 0.231. The van der Waals surface area contributed by atoms with Crippen LogP contribution in [0.15, 0.2) is 30.5 Å². The second kappa shape index (κ2) is 4.55. The molecule has 1 saturated carbocycles. The van der Waals surface area contributed by atoms with E-state index in [0.29, 0.717) is 22.4 Å². The molecule has 1 aromatic carbocycles. The molecule has 1 aliphatic rings. The molecule has 0 bridgehead atoms. The Hall–Kier alpha value is -2.08. The average Bonchev–Trinajstić information content (AvgIpc) is 3.10. The minimum absolute atomic E-state index is 0.553. The summed E-state index contributed by atoms with van der Waals surface area (Å²) in [5.41, 5.74) is 12.4. The molecule has 19 heavy (non-hydrogen) atoms. The van der Waals surface area contributed by atoms with Gasteiger partial charge in [0.1, 0.15) is 0 Å². The van der Waals surface area contributed by atoms with Crippen LogP contribution in [0.4, 0.5) is 21.3 Å². The molecule has 2 amide bonds. The Labute approximate surface area is 114 Å². The first kappa shape index (κ1) is 12.0. The van der Waals surface area contributed by atoms with E-state index < -0.39 is 6.03 Å². The maximum absolute atomic E-state index is 11.7. The number of aromatic nitrogens is 1. The summed E-state index contributed by atoms with van der Waals surface area (Å²) < 4.78 is 0. The Morgan fingerprint density at radius 3 is 2.84 bits per heavy atom. The van der Waals surface area contributed by atoms with Crippen molar-refractivity contribution < 1.29 is 4.79 Å². The van der Waals surface area contributed by atoms with Gasteiger partial charge in [-0.15, -0.1) is 11.3 Å². The largest absolute Gasteiger partial charge is 0.399 e. The normalized spacial score (nSPS) is 14.3. The lowest BCUT2D eigenvalue weighted by atomic mass is 10.2. The first-order valence-corrected chi connectivity index (χ1v) is 6.87. The number of carbonyl (C=O) groups excluding carboxylic acids is 1. The summed E-state index contributed by atoms with van der Waals surface area (Å²) in [4.78, 5) is 18.6. The van der Waals surface area contributed by atoms with E-state index in [1.54, 1.807) is 24.3 Å². The van der Waals surface area contributed by atoms with Gasteiger partial charge in [-0.05, 0) is 37.0 Å². The number of urea groups is 1. The Balaban J connectivity index is 1.97. The highest BCUT2D eigenvalue weighted by Crippen LogP contribution is 2.44. The van der Waals surface area contributed by atoms with E-state index in [0.717, 1.165) is 0 Å². The number of carbonyl (C=O) groups is 1. The minimum Gasteiger partial charge on any atom is -0.399 e. The molecule has 3 rings (SSSR count). The molecule has 1 aromatic heterocycles. The molecule has 0 spiro atoms. The van der Waals surface area contributed by atoms with Gasteiger partial charge in [0.25, 0.3) is 0 Å². The number of benzene rings is 1. The zero-order valence-electron chi connectivity index (χ0n) is 10.2. The Morgan fingerprint density at radius 1 is 1.42 bits per heavy atom.